The molecule has 0 bridgehead atoms. The van der Waals surface area contributed by atoms with Crippen molar-refractivity contribution in [2.75, 3.05) is 11.9 Å². The monoisotopic (exact) mass is 314 g/mol. The van der Waals surface area contributed by atoms with Gasteiger partial charge in [-0.1, -0.05) is 25.1 Å². The summed E-state index contributed by atoms with van der Waals surface area (Å²) < 4.78 is 5.41. The van der Waals surface area contributed by atoms with Crippen molar-refractivity contribution in [2.24, 2.45) is 0 Å². The lowest BCUT2D eigenvalue weighted by Gasteiger charge is -2.10. The van der Waals surface area contributed by atoms with Gasteiger partial charge in [0.1, 0.15) is 5.75 Å². The molecule has 1 amide bonds. The Hall–Kier alpha value is -2.89. The van der Waals surface area contributed by atoms with Gasteiger partial charge in [-0.25, -0.2) is 0 Å². The quantitative estimate of drug-likeness (QED) is 0.653. The smallest absolute Gasteiger partial charge is 0.271 e. The Morgan fingerprint density at radius 1 is 1.22 bits per heavy atom. The molecule has 0 unspecified atom stereocenters. The van der Waals surface area contributed by atoms with Crippen LogP contribution in [0, 0.1) is 17.0 Å². The van der Waals surface area contributed by atoms with Gasteiger partial charge >= 0.3 is 0 Å². The summed E-state index contributed by atoms with van der Waals surface area (Å²) in [4.78, 5) is 22.2. The first-order chi connectivity index (χ1) is 11.0. The van der Waals surface area contributed by atoms with E-state index < -0.39 is 4.92 Å². The molecule has 0 spiro atoms. The maximum atomic E-state index is 11.9. The van der Waals surface area contributed by atoms with Crippen molar-refractivity contribution in [1.29, 1.82) is 0 Å². The van der Waals surface area contributed by atoms with Crippen LogP contribution in [0.5, 0.6) is 5.75 Å². The first-order valence-electron chi connectivity index (χ1n) is 7.26. The van der Waals surface area contributed by atoms with Gasteiger partial charge in [-0.2, -0.15) is 0 Å². The molecule has 23 heavy (non-hydrogen) atoms. The summed E-state index contributed by atoms with van der Waals surface area (Å²) >= 11 is 0. The highest BCUT2D eigenvalue weighted by Gasteiger charge is 2.11. The Morgan fingerprint density at radius 2 is 1.91 bits per heavy atom. The van der Waals surface area contributed by atoms with Gasteiger partial charge in [0.25, 0.3) is 11.6 Å². The van der Waals surface area contributed by atoms with Crippen molar-refractivity contribution in [3.8, 4) is 5.75 Å². The number of anilines is 1. The minimum atomic E-state index is -0.499. The predicted molar refractivity (Wildman–Crippen MR) is 87.8 cm³/mol. The van der Waals surface area contributed by atoms with E-state index in [0.29, 0.717) is 11.4 Å². The molecule has 1 N–H and O–H groups in total. The molecule has 2 aromatic carbocycles. The summed E-state index contributed by atoms with van der Waals surface area (Å²) in [7, 11) is 0. The fourth-order valence-corrected chi connectivity index (χ4v) is 2.01. The maximum Gasteiger partial charge on any atom is 0.271 e. The molecule has 0 saturated heterocycles. The zero-order chi connectivity index (χ0) is 16.8. The average Bonchev–Trinajstić information content (AvgIpc) is 2.55. The third-order valence-corrected chi connectivity index (χ3v) is 3.41. The molecule has 2 aromatic rings. The van der Waals surface area contributed by atoms with Crippen LogP contribution in [-0.4, -0.2) is 17.4 Å². The zero-order valence-corrected chi connectivity index (χ0v) is 13.0. The number of ether oxygens (including phenoxy) is 1. The highest BCUT2D eigenvalue weighted by atomic mass is 16.6. The molecule has 120 valence electrons. The predicted octanol–water partition coefficient (Wildman–Crippen LogP) is 3.48. The van der Waals surface area contributed by atoms with E-state index in [4.69, 9.17) is 4.74 Å². The number of non-ortho nitro benzene ring substituents is 1. The number of rotatable bonds is 6. The largest absolute Gasteiger partial charge is 0.484 e. The SMILES string of the molecule is CCc1ccc(OCC(=O)Nc2cc([N+](=O)[O-])ccc2C)cc1. The Labute approximate surface area is 134 Å². The first-order valence-corrected chi connectivity index (χ1v) is 7.26. The Bertz CT molecular complexity index is 711. The van der Waals surface area contributed by atoms with Crippen molar-refractivity contribution in [2.45, 2.75) is 20.3 Å². The lowest BCUT2D eigenvalue weighted by molar-refractivity contribution is -0.384. The van der Waals surface area contributed by atoms with Gasteiger partial charge in [0.15, 0.2) is 6.61 Å². The molecule has 6 nitrogen and oxygen atoms in total. The van der Waals surface area contributed by atoms with Crippen molar-refractivity contribution in [3.63, 3.8) is 0 Å². The van der Waals surface area contributed by atoms with Crippen LogP contribution in [0.4, 0.5) is 11.4 Å². The fraction of sp³-hybridized carbons (Fsp3) is 0.235. The number of nitrogens with one attached hydrogen (secondary N) is 1. The van der Waals surface area contributed by atoms with E-state index in [1.807, 2.05) is 24.3 Å². The molecule has 6 heteroatoms. The number of carbonyl (C=O) groups excluding carboxylic acids is 1. The van der Waals surface area contributed by atoms with E-state index in [1.165, 1.54) is 17.7 Å². The van der Waals surface area contributed by atoms with Crippen LogP contribution in [0.25, 0.3) is 0 Å². The number of aryl methyl sites for hydroxylation is 2. The summed E-state index contributed by atoms with van der Waals surface area (Å²) in [5, 5.41) is 13.4. The number of hydrogen-bond acceptors (Lipinski definition) is 4. The molecule has 0 atom stereocenters. The third-order valence-electron chi connectivity index (χ3n) is 3.41. The van der Waals surface area contributed by atoms with Crippen LogP contribution in [0.3, 0.4) is 0 Å². The first kappa shape index (κ1) is 16.5. The van der Waals surface area contributed by atoms with E-state index in [1.54, 1.807) is 13.0 Å². The maximum absolute atomic E-state index is 11.9. The number of amides is 1. The topological polar surface area (TPSA) is 81.5 Å². The lowest BCUT2D eigenvalue weighted by Crippen LogP contribution is -2.20. The molecule has 0 aromatic heterocycles. The molecular formula is C17H18N2O4. The number of benzene rings is 2. The minimum Gasteiger partial charge on any atom is -0.484 e. The van der Waals surface area contributed by atoms with Gasteiger partial charge in [-0.15, -0.1) is 0 Å². The van der Waals surface area contributed by atoms with Gasteiger partial charge < -0.3 is 10.1 Å². The van der Waals surface area contributed by atoms with Crippen molar-refractivity contribution >= 4 is 17.3 Å². The van der Waals surface area contributed by atoms with Crippen LogP contribution < -0.4 is 10.1 Å². The van der Waals surface area contributed by atoms with Gasteiger partial charge in [0.05, 0.1) is 10.6 Å². The number of nitrogens with zero attached hydrogens (tertiary/aromatic N) is 1. The summed E-state index contributed by atoms with van der Waals surface area (Å²) in [5.74, 6) is 0.237. The molecule has 0 saturated carbocycles. The average molecular weight is 314 g/mol. The van der Waals surface area contributed by atoms with Crippen LogP contribution in [-0.2, 0) is 11.2 Å². The summed E-state index contributed by atoms with van der Waals surface area (Å²) in [5.41, 5.74) is 2.28. The number of nitro benzene ring substituents is 1. The number of hydrogen-bond donors (Lipinski definition) is 1. The lowest BCUT2D eigenvalue weighted by atomic mass is 10.2. The standard InChI is InChI=1S/C17H18N2O4/c1-3-13-5-8-15(9-6-13)23-11-17(20)18-16-10-14(19(21)22)7-4-12(16)2/h4-10H,3,11H2,1-2H3,(H,18,20). The molecule has 2 rings (SSSR count). The second-order valence-electron chi connectivity index (χ2n) is 5.09. The molecule has 0 aliphatic heterocycles. The van der Waals surface area contributed by atoms with E-state index in [0.717, 1.165) is 12.0 Å². The van der Waals surface area contributed by atoms with E-state index in [2.05, 4.69) is 12.2 Å². The van der Waals surface area contributed by atoms with Gasteiger partial charge in [0.2, 0.25) is 0 Å². The van der Waals surface area contributed by atoms with Crippen LogP contribution >= 0.6 is 0 Å². The Morgan fingerprint density at radius 3 is 2.52 bits per heavy atom. The second-order valence-corrected chi connectivity index (χ2v) is 5.09. The Balaban J connectivity index is 1.96. The van der Waals surface area contributed by atoms with E-state index >= 15 is 0 Å². The zero-order valence-electron chi connectivity index (χ0n) is 13.0. The molecular weight excluding hydrogens is 296 g/mol. The van der Waals surface area contributed by atoms with Gasteiger partial charge in [0, 0.05) is 12.1 Å². The third kappa shape index (κ3) is 4.54. The molecule has 0 fully saturated rings. The highest BCUT2D eigenvalue weighted by molar-refractivity contribution is 5.93. The summed E-state index contributed by atoms with van der Waals surface area (Å²) in [6, 6.07) is 11.8. The Kier molecular flexibility index (Phi) is 5.30. The molecule has 0 aliphatic carbocycles. The number of nitro groups is 1. The molecule has 0 aliphatic rings. The molecule has 0 radical (unpaired) electrons. The molecule has 0 heterocycles. The minimum absolute atomic E-state index is 0.0676. The van der Waals surface area contributed by atoms with Gasteiger partial charge in [-0.05, 0) is 36.6 Å². The van der Waals surface area contributed by atoms with Crippen molar-refractivity contribution in [3.05, 3.63) is 63.7 Å². The summed E-state index contributed by atoms with van der Waals surface area (Å²) in [6.07, 6.45) is 0.937. The fourth-order valence-electron chi connectivity index (χ4n) is 2.01. The van der Waals surface area contributed by atoms with Crippen molar-refractivity contribution < 1.29 is 14.5 Å². The van der Waals surface area contributed by atoms with E-state index in [9.17, 15) is 14.9 Å². The van der Waals surface area contributed by atoms with Crippen LogP contribution in [0.2, 0.25) is 0 Å². The normalized spacial score (nSPS) is 10.2. The van der Waals surface area contributed by atoms with Crippen LogP contribution in [0.15, 0.2) is 42.5 Å². The highest BCUT2D eigenvalue weighted by Crippen LogP contribution is 2.21. The summed E-state index contributed by atoms with van der Waals surface area (Å²) in [6.45, 7) is 3.67. The van der Waals surface area contributed by atoms with Crippen molar-refractivity contribution in [1.82, 2.24) is 0 Å². The second kappa shape index (κ2) is 7.40. The van der Waals surface area contributed by atoms with E-state index in [-0.39, 0.29) is 18.2 Å². The van der Waals surface area contributed by atoms with Crippen LogP contribution in [0.1, 0.15) is 18.1 Å². The van der Waals surface area contributed by atoms with Gasteiger partial charge in [-0.3, -0.25) is 14.9 Å². The number of carbonyl (C=O) groups is 1.